The predicted molar refractivity (Wildman–Crippen MR) is 312 cm³/mol. The van der Waals surface area contributed by atoms with Gasteiger partial charge in [0.2, 0.25) is 5.91 Å². The Morgan fingerprint density at radius 2 is 0.863 bits per heavy atom. The van der Waals surface area contributed by atoms with Crippen molar-refractivity contribution in [1.82, 2.24) is 5.32 Å². The quantitative estimate of drug-likeness (QED) is 0.0240. The zero-order chi connectivity index (χ0) is 53.6. The van der Waals surface area contributed by atoms with Gasteiger partial charge in [-0.2, -0.15) is 0 Å². The van der Waals surface area contributed by atoms with E-state index in [4.69, 9.17) is 9.05 Å². The minimum absolute atomic E-state index is 0.0508. The van der Waals surface area contributed by atoms with Crippen LogP contribution in [0.5, 0.6) is 0 Å². The molecule has 0 fully saturated rings. The SMILES string of the molecule is CC/C=C\C/C=C\C/C=C\C/C=C\C/C=C\C/C=C\C/C=C\C/C=C\CCCCCCCCCCCCCCC(=O)NC(COP(=O)([O-])OCC[N+](C)(C)C)C(O)C(O)CCC/C=C/CCCCCCCCC. The first kappa shape index (κ1) is 70.1. The number of phosphoric acid groups is 1. The second-order valence-electron chi connectivity index (χ2n) is 20.7. The van der Waals surface area contributed by atoms with Gasteiger partial charge in [-0.15, -0.1) is 0 Å². The molecule has 0 aromatic heterocycles. The van der Waals surface area contributed by atoms with Crippen LogP contribution in [0.25, 0.3) is 0 Å². The molecule has 0 aromatic rings. The minimum atomic E-state index is -4.68. The molecule has 10 heteroatoms. The Hall–Kier alpha value is -2.88. The molecule has 0 spiro atoms. The van der Waals surface area contributed by atoms with Crippen molar-refractivity contribution < 1.29 is 38.0 Å². The number of carbonyl (C=O) groups is 1. The fourth-order valence-corrected chi connectivity index (χ4v) is 8.70. The van der Waals surface area contributed by atoms with Gasteiger partial charge >= 0.3 is 0 Å². The molecule has 0 saturated carbocycles. The largest absolute Gasteiger partial charge is 0.756 e. The summed E-state index contributed by atoms with van der Waals surface area (Å²) in [6.07, 6.45) is 73.0. The summed E-state index contributed by atoms with van der Waals surface area (Å²) in [7, 11) is 1.09. The van der Waals surface area contributed by atoms with E-state index in [-0.39, 0.29) is 18.9 Å². The van der Waals surface area contributed by atoms with E-state index in [1.165, 1.54) is 96.3 Å². The molecule has 0 saturated heterocycles. The van der Waals surface area contributed by atoms with Crippen LogP contribution in [0.15, 0.2) is 109 Å². The number of quaternary nitrogens is 1. The van der Waals surface area contributed by atoms with Crippen LogP contribution in [0.4, 0.5) is 0 Å². The van der Waals surface area contributed by atoms with Crippen molar-refractivity contribution in [3.63, 3.8) is 0 Å². The van der Waals surface area contributed by atoms with Gasteiger partial charge in [0, 0.05) is 6.42 Å². The first-order valence-corrected chi connectivity index (χ1v) is 30.8. The van der Waals surface area contributed by atoms with E-state index < -0.39 is 32.7 Å². The van der Waals surface area contributed by atoms with Crippen LogP contribution in [-0.2, 0) is 18.4 Å². The molecule has 0 aliphatic carbocycles. The maximum Gasteiger partial charge on any atom is 0.268 e. The lowest BCUT2D eigenvalue weighted by Gasteiger charge is -2.31. The zero-order valence-corrected chi connectivity index (χ0v) is 48.3. The number of aliphatic hydroxyl groups excluding tert-OH is 2. The van der Waals surface area contributed by atoms with Crippen molar-refractivity contribution in [2.45, 2.75) is 244 Å². The zero-order valence-electron chi connectivity index (χ0n) is 47.4. The molecule has 1 amide bonds. The van der Waals surface area contributed by atoms with Gasteiger partial charge in [-0.3, -0.25) is 9.36 Å². The number of nitrogens with one attached hydrogen (secondary N) is 1. The molecule has 3 N–H and O–H groups in total. The van der Waals surface area contributed by atoms with E-state index in [9.17, 15) is 24.5 Å². The van der Waals surface area contributed by atoms with Crippen molar-refractivity contribution in [2.24, 2.45) is 0 Å². The van der Waals surface area contributed by atoms with Gasteiger partial charge in [0.15, 0.2) is 0 Å². The summed E-state index contributed by atoms with van der Waals surface area (Å²) in [4.78, 5) is 25.5. The second-order valence-corrected chi connectivity index (χ2v) is 22.2. The number of aliphatic hydroxyl groups is 2. The average Bonchev–Trinajstić information content (AvgIpc) is 3.35. The molecule has 0 aliphatic rings. The van der Waals surface area contributed by atoms with Gasteiger partial charge in [-0.25, -0.2) is 0 Å². The van der Waals surface area contributed by atoms with Crippen LogP contribution in [0.1, 0.15) is 226 Å². The molecule has 4 atom stereocenters. The van der Waals surface area contributed by atoms with Crippen LogP contribution in [0, 0.1) is 0 Å². The molecule has 9 nitrogen and oxygen atoms in total. The van der Waals surface area contributed by atoms with Crippen LogP contribution >= 0.6 is 7.82 Å². The van der Waals surface area contributed by atoms with Gasteiger partial charge in [-0.05, 0) is 103 Å². The minimum Gasteiger partial charge on any atom is -0.756 e. The maximum absolute atomic E-state index is 13.0. The summed E-state index contributed by atoms with van der Waals surface area (Å²) in [6, 6.07) is -1.10. The number of amides is 1. The van der Waals surface area contributed by atoms with E-state index in [2.05, 4.69) is 129 Å². The molecule has 0 radical (unpaired) electrons. The summed E-state index contributed by atoms with van der Waals surface area (Å²) in [5.41, 5.74) is 0. The van der Waals surface area contributed by atoms with E-state index in [0.29, 0.717) is 30.3 Å². The first-order valence-electron chi connectivity index (χ1n) is 29.3. The van der Waals surface area contributed by atoms with Crippen molar-refractivity contribution in [3.05, 3.63) is 109 Å². The molecule has 0 aliphatic heterocycles. The summed E-state index contributed by atoms with van der Waals surface area (Å²) in [5.74, 6) is -0.295. The number of phosphoric ester groups is 1. The molecule has 4 unspecified atom stereocenters. The van der Waals surface area contributed by atoms with Gasteiger partial charge < -0.3 is 34.0 Å². The number of unbranched alkanes of at least 4 members (excludes halogenated alkanes) is 20. The molecule has 73 heavy (non-hydrogen) atoms. The number of hydrogen-bond donors (Lipinski definition) is 3. The lowest BCUT2D eigenvalue weighted by atomic mass is 10.0. The van der Waals surface area contributed by atoms with Gasteiger partial charge in [-0.1, -0.05) is 226 Å². The predicted octanol–water partition coefficient (Wildman–Crippen LogP) is 16.3. The smallest absolute Gasteiger partial charge is 0.268 e. The molecule has 420 valence electrons. The molecule has 0 rings (SSSR count). The normalized spacial score (nSPS) is 15.1. The third kappa shape index (κ3) is 53.7. The third-order valence-electron chi connectivity index (χ3n) is 12.6. The van der Waals surface area contributed by atoms with Crippen molar-refractivity contribution in [2.75, 3.05) is 40.9 Å². The van der Waals surface area contributed by atoms with Crippen molar-refractivity contribution >= 4 is 13.7 Å². The van der Waals surface area contributed by atoms with Crippen LogP contribution < -0.4 is 10.2 Å². The number of rotatable bonds is 52. The molecular formula is C63H111N2O7P. The Labute approximate surface area is 449 Å². The first-order chi connectivity index (χ1) is 35.4. The average molecular weight is 1040 g/mol. The van der Waals surface area contributed by atoms with Crippen LogP contribution in [0.3, 0.4) is 0 Å². The van der Waals surface area contributed by atoms with E-state index in [0.717, 1.165) is 89.9 Å². The molecule has 0 aromatic carbocycles. The van der Waals surface area contributed by atoms with Crippen LogP contribution in [-0.4, -0.2) is 79.8 Å². The van der Waals surface area contributed by atoms with Gasteiger partial charge in [0.1, 0.15) is 19.3 Å². The monoisotopic (exact) mass is 1040 g/mol. The lowest BCUT2D eigenvalue weighted by Crippen LogP contribution is -2.51. The second kappa shape index (κ2) is 52.6. The Morgan fingerprint density at radius 3 is 1.27 bits per heavy atom. The Morgan fingerprint density at radius 1 is 0.507 bits per heavy atom. The fraction of sp³-hybridized carbons (Fsp3) is 0.698. The lowest BCUT2D eigenvalue weighted by molar-refractivity contribution is -0.870. The highest BCUT2D eigenvalue weighted by atomic mass is 31.2. The summed E-state index contributed by atoms with van der Waals surface area (Å²) in [5, 5.41) is 24.7. The highest BCUT2D eigenvalue weighted by Gasteiger charge is 2.29. The molecule has 0 bridgehead atoms. The highest BCUT2D eigenvalue weighted by molar-refractivity contribution is 7.45. The summed E-state index contributed by atoms with van der Waals surface area (Å²) >= 11 is 0. The fourth-order valence-electron chi connectivity index (χ4n) is 7.98. The Bertz CT molecular complexity index is 1570. The third-order valence-corrected chi connectivity index (χ3v) is 13.6. The number of carbonyl (C=O) groups excluding carboxylic acids is 1. The summed E-state index contributed by atoms with van der Waals surface area (Å²) < 4.78 is 23.2. The number of likely N-dealkylation sites (N-methyl/N-ethyl adjacent to an activating group) is 1. The van der Waals surface area contributed by atoms with E-state index in [1.807, 2.05) is 21.1 Å². The molecule has 0 heterocycles. The van der Waals surface area contributed by atoms with E-state index >= 15 is 0 Å². The van der Waals surface area contributed by atoms with Crippen molar-refractivity contribution in [1.29, 1.82) is 0 Å². The molecular weight excluding hydrogens is 928 g/mol. The van der Waals surface area contributed by atoms with E-state index in [1.54, 1.807) is 0 Å². The van der Waals surface area contributed by atoms with Crippen molar-refractivity contribution in [3.8, 4) is 0 Å². The van der Waals surface area contributed by atoms with Gasteiger partial charge in [0.25, 0.3) is 7.82 Å². The Balaban J connectivity index is 4.15. The Kier molecular flexibility index (Phi) is 50.5. The topological polar surface area (TPSA) is 128 Å². The number of allylic oxidation sites excluding steroid dienone is 18. The van der Waals surface area contributed by atoms with Gasteiger partial charge in [0.05, 0.1) is 39.9 Å². The summed E-state index contributed by atoms with van der Waals surface area (Å²) in [6.45, 7) is 4.28. The highest BCUT2D eigenvalue weighted by Crippen LogP contribution is 2.38. The number of hydrogen-bond acceptors (Lipinski definition) is 7. The maximum atomic E-state index is 13.0. The van der Waals surface area contributed by atoms with Crippen LogP contribution in [0.2, 0.25) is 0 Å². The standard InChI is InChI=1S/C63H111N2O7P/c1-6-8-10-12-14-16-18-20-21-22-23-24-25-26-27-28-29-30-31-32-33-34-35-36-37-38-39-40-41-42-43-44-46-48-50-52-54-56-62(67)64-60(59-72-73(69,70)71-58-57-65(3,4)5)63(68)61(66)55-53-51-49-47-45-19-17-15-13-11-9-7-2/h8,10,14,16,20-21,23-24,26-27,29-30,32-33,35-36,47,49,60-61,63,66,68H,6-7,9,11-13,15,17-19,22,25,28,31,34,37-46,48,50-59H2,1-5H3,(H-,64,67,69,70)/b10-8-,16-14-,21-20-,24-23-,27-26-,30-29-,33-32-,36-35-,49-47+. The number of nitrogens with zero attached hydrogens (tertiary/aromatic N) is 1.